The Morgan fingerprint density at radius 1 is 0.333 bits per heavy atom. The lowest BCUT2D eigenvalue weighted by molar-refractivity contribution is 0.768. The second kappa shape index (κ2) is 16.7. The highest BCUT2D eigenvalue weighted by molar-refractivity contribution is 5.98. The lowest BCUT2D eigenvalue weighted by Gasteiger charge is -2.35. The van der Waals surface area contributed by atoms with Gasteiger partial charge in [-0.25, -0.2) is 0 Å². The molecule has 0 bridgehead atoms. The molecule has 2 aliphatic rings. The zero-order chi connectivity index (χ0) is 43.9. The predicted octanol–water partition coefficient (Wildman–Crippen LogP) is 15.3. The number of fused-ring (bicyclic) bond motifs is 4. The lowest BCUT2D eigenvalue weighted by Crippen LogP contribution is -2.29. The molecule has 0 amide bonds. The van der Waals surface area contributed by atoms with E-state index in [2.05, 4.69) is 266 Å². The molecule has 1 nitrogen and oxygen atoms in total. The SMILES string of the molecule is C1=c2ccccc2=C(c2cccc(-c3ccccc3N(c3ccc4c(c3)C(c3ccccc3)(c3ccccc3)c3ccccc3-4)c3ccccc3-c3ccccc3-c3ccccc3)c2)CC1. The summed E-state index contributed by atoms with van der Waals surface area (Å²) in [6.07, 6.45) is 4.44. The minimum atomic E-state index is -0.547. The Hall–Kier alpha value is -8.26. The lowest BCUT2D eigenvalue weighted by atomic mass is 9.67. The van der Waals surface area contributed by atoms with Gasteiger partial charge in [-0.05, 0) is 120 Å². The normalized spacial score (nSPS) is 13.2. The quantitative estimate of drug-likeness (QED) is 0.140. The fourth-order valence-corrected chi connectivity index (χ4v) is 11.0. The number of nitrogens with zero attached hydrogens (tertiary/aromatic N) is 1. The van der Waals surface area contributed by atoms with Crippen LogP contribution in [0.2, 0.25) is 0 Å². The van der Waals surface area contributed by atoms with E-state index in [-0.39, 0.29) is 0 Å². The van der Waals surface area contributed by atoms with Crippen LogP contribution in [0.15, 0.2) is 255 Å². The molecule has 0 atom stereocenters. The van der Waals surface area contributed by atoms with E-state index in [4.69, 9.17) is 0 Å². The molecule has 66 heavy (non-hydrogen) atoms. The van der Waals surface area contributed by atoms with Crippen LogP contribution < -0.4 is 15.3 Å². The summed E-state index contributed by atoms with van der Waals surface area (Å²) in [5.41, 5.74) is 20.1. The average Bonchev–Trinajstić information content (AvgIpc) is 3.70. The summed E-state index contributed by atoms with van der Waals surface area (Å²) >= 11 is 0. The molecule has 0 heterocycles. The summed E-state index contributed by atoms with van der Waals surface area (Å²) in [6, 6.07) is 94.2. The Bertz CT molecular complexity index is 3490. The highest BCUT2D eigenvalue weighted by atomic mass is 15.1. The van der Waals surface area contributed by atoms with Gasteiger partial charge in [-0.1, -0.05) is 231 Å². The fourth-order valence-electron chi connectivity index (χ4n) is 11.0. The largest absolute Gasteiger partial charge is 0.309 e. The van der Waals surface area contributed by atoms with Crippen molar-refractivity contribution >= 4 is 28.7 Å². The van der Waals surface area contributed by atoms with Crippen molar-refractivity contribution in [3.05, 3.63) is 293 Å². The smallest absolute Gasteiger partial charge is 0.0714 e. The molecule has 0 aliphatic heterocycles. The van der Waals surface area contributed by atoms with Gasteiger partial charge in [-0.2, -0.15) is 0 Å². The van der Waals surface area contributed by atoms with Gasteiger partial charge in [0.15, 0.2) is 0 Å². The first-order chi connectivity index (χ1) is 32.8. The molecule has 0 N–H and O–H groups in total. The molecule has 10 aromatic rings. The maximum Gasteiger partial charge on any atom is 0.0714 e. The Kier molecular flexibility index (Phi) is 9.95. The molecule has 312 valence electrons. The van der Waals surface area contributed by atoms with E-state index in [0.717, 1.165) is 35.5 Å². The van der Waals surface area contributed by atoms with Gasteiger partial charge in [0.05, 0.1) is 16.8 Å². The highest BCUT2D eigenvalue weighted by Crippen LogP contribution is 2.58. The molecule has 10 aromatic carbocycles. The summed E-state index contributed by atoms with van der Waals surface area (Å²) < 4.78 is 0. The molecular formula is C65H47N. The van der Waals surface area contributed by atoms with Crippen LogP contribution in [0.5, 0.6) is 0 Å². The first-order valence-corrected chi connectivity index (χ1v) is 23.1. The molecule has 0 fully saturated rings. The van der Waals surface area contributed by atoms with E-state index in [0.29, 0.717) is 0 Å². The predicted molar refractivity (Wildman–Crippen MR) is 277 cm³/mol. The Labute approximate surface area is 387 Å². The number of para-hydroxylation sites is 2. The summed E-state index contributed by atoms with van der Waals surface area (Å²) in [4.78, 5) is 2.53. The van der Waals surface area contributed by atoms with E-state index in [9.17, 15) is 0 Å². The average molecular weight is 842 g/mol. The molecule has 0 saturated carbocycles. The van der Waals surface area contributed by atoms with Crippen molar-refractivity contribution in [2.75, 3.05) is 4.90 Å². The first-order valence-electron chi connectivity index (χ1n) is 23.1. The topological polar surface area (TPSA) is 3.24 Å². The van der Waals surface area contributed by atoms with Crippen molar-refractivity contribution in [2.45, 2.75) is 18.3 Å². The molecule has 0 unspecified atom stereocenters. The fraction of sp³-hybridized carbons (Fsp3) is 0.0462. The molecular weight excluding hydrogens is 795 g/mol. The second-order valence-corrected chi connectivity index (χ2v) is 17.4. The molecule has 0 aromatic heterocycles. The van der Waals surface area contributed by atoms with Gasteiger partial charge in [0.2, 0.25) is 0 Å². The van der Waals surface area contributed by atoms with Crippen LogP contribution in [-0.2, 0) is 5.41 Å². The van der Waals surface area contributed by atoms with Crippen molar-refractivity contribution < 1.29 is 0 Å². The van der Waals surface area contributed by atoms with E-state index >= 15 is 0 Å². The second-order valence-electron chi connectivity index (χ2n) is 17.4. The van der Waals surface area contributed by atoms with Gasteiger partial charge >= 0.3 is 0 Å². The van der Waals surface area contributed by atoms with Crippen molar-refractivity contribution in [3.63, 3.8) is 0 Å². The molecule has 0 saturated heterocycles. The number of anilines is 3. The van der Waals surface area contributed by atoms with Gasteiger partial charge in [-0.3, -0.25) is 0 Å². The van der Waals surface area contributed by atoms with Gasteiger partial charge < -0.3 is 4.90 Å². The standard InChI is InChI=1S/C65H47N/c1-4-22-46(23-5-1)54-33-12-13-35-57(54)60-37-16-19-41-64(60)66(63-40-18-15-34-56(63)49-27-20-26-48(44-49)55-38-21-25-47-24-10-11-32-53(47)55)52-42-43-59-58-36-14-17-39-61(58)65(62(59)45-52,50-28-6-2-7-29-50)51-30-8-3-9-31-51/h1-20,22-37,39-45H,21,38H2. The van der Waals surface area contributed by atoms with Crippen LogP contribution >= 0.6 is 0 Å². The van der Waals surface area contributed by atoms with E-state index in [1.165, 1.54) is 82.8 Å². The third-order valence-electron chi connectivity index (χ3n) is 13.9. The van der Waals surface area contributed by atoms with Crippen LogP contribution in [0.1, 0.15) is 40.7 Å². The van der Waals surface area contributed by atoms with Crippen molar-refractivity contribution in [3.8, 4) is 44.5 Å². The van der Waals surface area contributed by atoms with Crippen molar-refractivity contribution in [2.24, 2.45) is 0 Å². The van der Waals surface area contributed by atoms with E-state index in [1.807, 2.05) is 0 Å². The maximum atomic E-state index is 2.53. The number of hydrogen-bond acceptors (Lipinski definition) is 1. The number of hydrogen-bond donors (Lipinski definition) is 0. The third kappa shape index (κ3) is 6.55. The van der Waals surface area contributed by atoms with Crippen LogP contribution in [-0.4, -0.2) is 0 Å². The minimum Gasteiger partial charge on any atom is -0.309 e. The first kappa shape index (κ1) is 39.3. The number of benzene rings is 10. The monoisotopic (exact) mass is 841 g/mol. The zero-order valence-electron chi connectivity index (χ0n) is 36.7. The van der Waals surface area contributed by atoms with E-state index in [1.54, 1.807) is 0 Å². The third-order valence-corrected chi connectivity index (χ3v) is 13.9. The summed E-state index contributed by atoms with van der Waals surface area (Å²) in [5.74, 6) is 0. The minimum absolute atomic E-state index is 0.547. The van der Waals surface area contributed by atoms with Gasteiger partial charge in [0.25, 0.3) is 0 Å². The summed E-state index contributed by atoms with van der Waals surface area (Å²) in [6.45, 7) is 0. The molecule has 2 aliphatic carbocycles. The molecule has 12 rings (SSSR count). The Balaban J connectivity index is 1.13. The molecule has 0 spiro atoms. The molecule has 1 heteroatoms. The number of rotatable bonds is 9. The summed E-state index contributed by atoms with van der Waals surface area (Å²) in [5, 5.41) is 2.66. The Morgan fingerprint density at radius 3 is 1.61 bits per heavy atom. The van der Waals surface area contributed by atoms with Crippen LogP contribution in [0, 0.1) is 0 Å². The van der Waals surface area contributed by atoms with Crippen LogP contribution in [0.25, 0.3) is 56.2 Å². The van der Waals surface area contributed by atoms with E-state index < -0.39 is 5.41 Å². The maximum absolute atomic E-state index is 2.53. The van der Waals surface area contributed by atoms with Crippen molar-refractivity contribution in [1.82, 2.24) is 0 Å². The van der Waals surface area contributed by atoms with Crippen molar-refractivity contribution in [1.29, 1.82) is 0 Å². The van der Waals surface area contributed by atoms with Crippen LogP contribution in [0.4, 0.5) is 17.1 Å². The molecule has 0 radical (unpaired) electrons. The zero-order valence-corrected chi connectivity index (χ0v) is 36.7. The summed E-state index contributed by atoms with van der Waals surface area (Å²) in [7, 11) is 0. The van der Waals surface area contributed by atoms with Gasteiger partial charge in [-0.15, -0.1) is 0 Å². The Morgan fingerprint density at radius 2 is 0.864 bits per heavy atom. The highest BCUT2D eigenvalue weighted by Gasteiger charge is 2.46. The van der Waals surface area contributed by atoms with Gasteiger partial charge in [0.1, 0.15) is 0 Å². The van der Waals surface area contributed by atoms with Gasteiger partial charge in [0, 0.05) is 16.8 Å². The van der Waals surface area contributed by atoms with Crippen LogP contribution in [0.3, 0.4) is 0 Å².